The Bertz CT molecular complexity index is 837. The van der Waals surface area contributed by atoms with Crippen LogP contribution in [0, 0.1) is 11.6 Å². The van der Waals surface area contributed by atoms with Gasteiger partial charge in [0.1, 0.15) is 33.5 Å². The fourth-order valence-corrected chi connectivity index (χ4v) is 2.61. The molecule has 1 aromatic carbocycles. The zero-order valence-electron chi connectivity index (χ0n) is 10.8. The molecule has 0 saturated carbocycles. The lowest BCUT2D eigenvalue weighted by molar-refractivity contribution is -0.115. The number of anilines is 2. The lowest BCUT2D eigenvalue weighted by Crippen LogP contribution is -2.30. The van der Waals surface area contributed by atoms with Crippen molar-refractivity contribution in [3.63, 3.8) is 0 Å². The summed E-state index contributed by atoms with van der Waals surface area (Å²) in [4.78, 5) is 25.4. The minimum atomic E-state index is -0.911. The van der Waals surface area contributed by atoms with Gasteiger partial charge in [0.05, 0.1) is 11.7 Å². The van der Waals surface area contributed by atoms with Crippen LogP contribution >= 0.6 is 22.9 Å². The normalized spacial score (nSPS) is 10.9. The molecule has 22 heavy (non-hydrogen) atoms. The number of nitrogens with zero attached hydrogens (tertiary/aromatic N) is 4. The number of amides is 1. The quantitative estimate of drug-likeness (QED) is 0.687. The number of carbonyl (C=O) groups is 1. The molecule has 5 nitrogen and oxygen atoms in total. The van der Waals surface area contributed by atoms with Crippen molar-refractivity contribution < 1.29 is 13.6 Å². The Balaban J connectivity index is 2.20. The predicted molar refractivity (Wildman–Crippen MR) is 79.4 cm³/mol. The van der Waals surface area contributed by atoms with E-state index in [-0.39, 0.29) is 5.95 Å². The SMILES string of the molecule is O=C(CCl)N(c1ncc2ncsc2n1)c1c(F)cccc1F. The number of halogens is 3. The fraction of sp³-hybridized carbons (Fsp3) is 0.0769. The molecule has 0 aliphatic carbocycles. The van der Waals surface area contributed by atoms with Crippen LogP contribution < -0.4 is 4.90 Å². The molecule has 2 heterocycles. The lowest BCUT2D eigenvalue weighted by atomic mass is 10.2. The first kappa shape index (κ1) is 14.7. The number of aromatic nitrogens is 3. The molecule has 0 saturated heterocycles. The molecule has 3 aromatic rings. The maximum Gasteiger partial charge on any atom is 0.249 e. The molecule has 0 aliphatic heterocycles. The van der Waals surface area contributed by atoms with Crippen LogP contribution in [-0.4, -0.2) is 26.7 Å². The zero-order chi connectivity index (χ0) is 15.7. The Morgan fingerprint density at radius 1 is 1.27 bits per heavy atom. The molecule has 3 rings (SSSR count). The summed E-state index contributed by atoms with van der Waals surface area (Å²) in [5, 5.41) is 0. The van der Waals surface area contributed by atoms with Crippen LogP contribution in [0.3, 0.4) is 0 Å². The first-order valence-corrected chi connectivity index (χ1v) is 7.42. The molecule has 0 atom stereocenters. The molecule has 2 aromatic heterocycles. The highest BCUT2D eigenvalue weighted by Crippen LogP contribution is 2.30. The molecule has 112 valence electrons. The van der Waals surface area contributed by atoms with Gasteiger partial charge in [0.15, 0.2) is 0 Å². The van der Waals surface area contributed by atoms with Crippen molar-refractivity contribution in [1.29, 1.82) is 0 Å². The largest absolute Gasteiger partial charge is 0.273 e. The lowest BCUT2D eigenvalue weighted by Gasteiger charge is -2.20. The topological polar surface area (TPSA) is 59.0 Å². The van der Waals surface area contributed by atoms with Crippen LogP contribution in [0.1, 0.15) is 0 Å². The summed E-state index contributed by atoms with van der Waals surface area (Å²) in [6.07, 6.45) is 1.38. The number of hydrogen-bond acceptors (Lipinski definition) is 5. The van der Waals surface area contributed by atoms with Gasteiger partial charge in [-0.2, -0.15) is 4.98 Å². The summed E-state index contributed by atoms with van der Waals surface area (Å²) in [6, 6.07) is 3.28. The van der Waals surface area contributed by atoms with Crippen LogP contribution in [0.15, 0.2) is 29.9 Å². The van der Waals surface area contributed by atoms with Gasteiger partial charge in [0, 0.05) is 0 Å². The van der Waals surface area contributed by atoms with Crippen LogP contribution in [-0.2, 0) is 4.79 Å². The van der Waals surface area contributed by atoms with Gasteiger partial charge < -0.3 is 0 Å². The number of alkyl halides is 1. The van der Waals surface area contributed by atoms with Crippen molar-refractivity contribution in [2.45, 2.75) is 0 Å². The first-order valence-electron chi connectivity index (χ1n) is 6.01. The van der Waals surface area contributed by atoms with Crippen molar-refractivity contribution >= 4 is 50.8 Å². The van der Waals surface area contributed by atoms with E-state index in [1.165, 1.54) is 23.6 Å². The summed E-state index contributed by atoms with van der Waals surface area (Å²) in [5.74, 6) is -3.20. The number of benzene rings is 1. The molecule has 1 amide bonds. The summed E-state index contributed by atoms with van der Waals surface area (Å²) < 4.78 is 28.0. The van der Waals surface area contributed by atoms with Gasteiger partial charge in [0.2, 0.25) is 11.9 Å². The second-order valence-corrected chi connectivity index (χ2v) is 5.25. The van der Waals surface area contributed by atoms with E-state index in [2.05, 4.69) is 15.0 Å². The van der Waals surface area contributed by atoms with E-state index >= 15 is 0 Å². The highest BCUT2D eigenvalue weighted by Gasteiger charge is 2.26. The monoisotopic (exact) mass is 340 g/mol. The molecule has 0 radical (unpaired) electrons. The van der Waals surface area contributed by atoms with Gasteiger partial charge >= 0.3 is 0 Å². The molecule has 0 N–H and O–H groups in total. The van der Waals surface area contributed by atoms with Gasteiger partial charge in [0.25, 0.3) is 0 Å². The van der Waals surface area contributed by atoms with Gasteiger partial charge in [-0.3, -0.25) is 4.79 Å². The Morgan fingerprint density at radius 2 is 2.00 bits per heavy atom. The van der Waals surface area contributed by atoms with Crippen molar-refractivity contribution in [3.05, 3.63) is 41.5 Å². The number of rotatable bonds is 3. The summed E-state index contributed by atoms with van der Waals surface area (Å²) in [6.45, 7) is 0. The molecule has 0 bridgehead atoms. The Labute approximate surface area is 132 Å². The van der Waals surface area contributed by atoms with Crippen molar-refractivity contribution in [1.82, 2.24) is 15.0 Å². The van der Waals surface area contributed by atoms with Crippen LogP contribution in [0.25, 0.3) is 10.3 Å². The van der Waals surface area contributed by atoms with Gasteiger partial charge in [-0.05, 0) is 12.1 Å². The van der Waals surface area contributed by atoms with Gasteiger partial charge in [-0.15, -0.1) is 22.9 Å². The van der Waals surface area contributed by atoms with Crippen LogP contribution in [0.2, 0.25) is 0 Å². The van der Waals surface area contributed by atoms with Crippen LogP contribution in [0.5, 0.6) is 0 Å². The molecule has 0 aliphatic rings. The third kappa shape index (κ3) is 2.51. The van der Waals surface area contributed by atoms with E-state index in [1.807, 2.05) is 0 Å². The third-order valence-corrected chi connectivity index (χ3v) is 3.77. The van der Waals surface area contributed by atoms with Crippen LogP contribution in [0.4, 0.5) is 20.4 Å². The van der Waals surface area contributed by atoms with E-state index in [1.54, 1.807) is 5.51 Å². The summed E-state index contributed by atoms with van der Waals surface area (Å²) >= 11 is 6.77. The van der Waals surface area contributed by atoms with E-state index in [9.17, 15) is 13.6 Å². The summed E-state index contributed by atoms with van der Waals surface area (Å²) in [7, 11) is 0. The van der Waals surface area contributed by atoms with Gasteiger partial charge in [-0.1, -0.05) is 6.07 Å². The third-order valence-electron chi connectivity index (χ3n) is 2.80. The van der Waals surface area contributed by atoms with Crippen molar-refractivity contribution in [2.24, 2.45) is 0 Å². The Morgan fingerprint density at radius 3 is 2.68 bits per heavy atom. The maximum atomic E-state index is 14.0. The average Bonchev–Trinajstić information content (AvgIpc) is 2.98. The van der Waals surface area contributed by atoms with E-state index < -0.39 is 29.1 Å². The molecule has 0 unspecified atom stereocenters. The second kappa shape index (κ2) is 5.90. The highest BCUT2D eigenvalue weighted by molar-refractivity contribution is 7.16. The fourth-order valence-electron chi connectivity index (χ4n) is 1.87. The Hall–Kier alpha value is -2.19. The van der Waals surface area contributed by atoms with E-state index in [0.29, 0.717) is 10.3 Å². The minimum absolute atomic E-state index is 0.161. The second-order valence-electron chi connectivity index (χ2n) is 4.15. The van der Waals surface area contributed by atoms with Crippen molar-refractivity contribution in [2.75, 3.05) is 10.8 Å². The summed E-state index contributed by atoms with van der Waals surface area (Å²) in [5.41, 5.74) is 1.53. The Kier molecular flexibility index (Phi) is 3.95. The maximum absolute atomic E-state index is 14.0. The number of para-hydroxylation sites is 1. The van der Waals surface area contributed by atoms with Gasteiger partial charge in [-0.25, -0.2) is 23.6 Å². The molecular weight excluding hydrogens is 334 g/mol. The predicted octanol–water partition coefficient (Wildman–Crippen LogP) is 3.27. The number of fused-ring (bicyclic) bond motifs is 1. The highest BCUT2D eigenvalue weighted by atomic mass is 35.5. The molecule has 9 heteroatoms. The molecule has 0 spiro atoms. The minimum Gasteiger partial charge on any atom is -0.273 e. The van der Waals surface area contributed by atoms with E-state index in [4.69, 9.17) is 11.6 Å². The molecule has 0 fully saturated rings. The number of thiazole rings is 1. The van der Waals surface area contributed by atoms with E-state index in [0.717, 1.165) is 17.0 Å². The number of carbonyl (C=O) groups excluding carboxylic acids is 1. The molecular formula is C13H7ClF2N4OS. The number of hydrogen-bond donors (Lipinski definition) is 0. The first-order chi connectivity index (χ1) is 10.6. The average molecular weight is 341 g/mol. The standard InChI is InChI=1S/C13H7ClF2N4OS/c14-4-10(21)20(11-7(15)2-1-3-8(11)16)13-17-5-9-12(19-13)22-6-18-9/h1-3,5-6H,4H2. The van der Waals surface area contributed by atoms with Crippen molar-refractivity contribution in [3.8, 4) is 0 Å². The smallest absolute Gasteiger partial charge is 0.249 e. The zero-order valence-corrected chi connectivity index (χ0v) is 12.4.